The third kappa shape index (κ3) is 2.07. The number of benzene rings is 2. The summed E-state index contributed by atoms with van der Waals surface area (Å²) in [5.41, 5.74) is 5.55. The average molecular weight is 387 g/mol. The number of allylic oxidation sites excluding steroid dienone is 4. The Kier molecular flexibility index (Phi) is 3.03. The van der Waals surface area contributed by atoms with E-state index in [9.17, 15) is 4.39 Å². The van der Waals surface area contributed by atoms with Crippen LogP contribution in [0.3, 0.4) is 0 Å². The Hall–Kier alpha value is -1.75. The minimum atomic E-state index is -0.208. The lowest BCUT2D eigenvalue weighted by Gasteiger charge is -2.18. The van der Waals surface area contributed by atoms with Gasteiger partial charge in [-0.05, 0) is 52.4 Å². The first kappa shape index (κ1) is 13.0. The minimum absolute atomic E-state index is 0.0915. The van der Waals surface area contributed by atoms with Crippen LogP contribution in [0.25, 0.3) is 5.57 Å². The molecule has 0 spiro atoms. The molecule has 3 heteroatoms. The summed E-state index contributed by atoms with van der Waals surface area (Å²) in [6.07, 6.45) is 6.31. The summed E-state index contributed by atoms with van der Waals surface area (Å²) >= 11 is 2.35. The summed E-state index contributed by atoms with van der Waals surface area (Å²) in [6.45, 7) is 0. The third-order valence-corrected chi connectivity index (χ3v) is 4.77. The van der Waals surface area contributed by atoms with Gasteiger partial charge < -0.3 is 0 Å². The van der Waals surface area contributed by atoms with Crippen LogP contribution in [-0.2, 0) is 0 Å². The quantitative estimate of drug-likeness (QED) is 0.593. The van der Waals surface area contributed by atoms with Crippen molar-refractivity contribution in [1.82, 2.24) is 0 Å². The average Bonchev–Trinajstić information content (AvgIpc) is 2.88. The van der Waals surface area contributed by atoms with E-state index in [-0.39, 0.29) is 11.7 Å². The number of hydrogen-bond donors (Lipinski definition) is 0. The van der Waals surface area contributed by atoms with Gasteiger partial charge in [-0.3, -0.25) is 4.99 Å². The molecule has 1 atom stereocenters. The number of aliphatic imine (C=N–C) groups is 1. The molecule has 0 radical (unpaired) electrons. The smallest absolute Gasteiger partial charge is 0.123 e. The SMILES string of the molecule is Fc1ccc(C2C=CC=C3C2=Nc2cccc(I)c23)cc1. The molecule has 2 aromatic carbocycles. The lowest BCUT2D eigenvalue weighted by molar-refractivity contribution is 0.627. The van der Waals surface area contributed by atoms with E-state index in [4.69, 9.17) is 4.99 Å². The summed E-state index contributed by atoms with van der Waals surface area (Å²) in [7, 11) is 0. The zero-order chi connectivity index (χ0) is 14.4. The maximum Gasteiger partial charge on any atom is 0.123 e. The van der Waals surface area contributed by atoms with Crippen molar-refractivity contribution in [2.24, 2.45) is 4.99 Å². The Morgan fingerprint density at radius 3 is 2.67 bits per heavy atom. The van der Waals surface area contributed by atoms with Crippen molar-refractivity contribution in [2.45, 2.75) is 5.92 Å². The molecule has 0 N–H and O–H groups in total. The molecule has 1 aliphatic heterocycles. The number of fused-ring (bicyclic) bond motifs is 3. The topological polar surface area (TPSA) is 12.4 Å². The first-order chi connectivity index (χ1) is 10.2. The van der Waals surface area contributed by atoms with Gasteiger partial charge in [-0.25, -0.2) is 4.39 Å². The van der Waals surface area contributed by atoms with E-state index in [1.54, 1.807) is 0 Å². The molecule has 21 heavy (non-hydrogen) atoms. The van der Waals surface area contributed by atoms with Gasteiger partial charge in [-0.2, -0.15) is 0 Å². The zero-order valence-electron chi connectivity index (χ0n) is 11.1. The predicted octanol–water partition coefficient (Wildman–Crippen LogP) is 5.25. The van der Waals surface area contributed by atoms with E-state index in [1.165, 1.54) is 26.8 Å². The van der Waals surface area contributed by atoms with Gasteiger partial charge in [0.25, 0.3) is 0 Å². The van der Waals surface area contributed by atoms with Crippen LogP contribution in [0, 0.1) is 9.39 Å². The lowest BCUT2D eigenvalue weighted by atomic mass is 9.85. The van der Waals surface area contributed by atoms with Crippen molar-refractivity contribution >= 4 is 39.6 Å². The number of hydrogen-bond acceptors (Lipinski definition) is 1. The van der Waals surface area contributed by atoms with Crippen molar-refractivity contribution in [3.05, 3.63) is 81.2 Å². The summed E-state index contributed by atoms with van der Waals surface area (Å²) in [6, 6.07) is 12.9. The number of nitrogens with zero attached hydrogens (tertiary/aromatic N) is 1. The van der Waals surface area contributed by atoms with Crippen LogP contribution >= 0.6 is 22.6 Å². The molecule has 1 heterocycles. The fourth-order valence-corrected chi connectivity index (χ4v) is 3.66. The first-order valence-corrected chi connectivity index (χ1v) is 7.84. The molecule has 0 aromatic heterocycles. The fraction of sp³-hybridized carbons (Fsp3) is 0.0556. The molecular weight excluding hydrogens is 376 g/mol. The van der Waals surface area contributed by atoms with Crippen LogP contribution in [0.5, 0.6) is 0 Å². The molecule has 4 rings (SSSR count). The molecule has 0 bridgehead atoms. The van der Waals surface area contributed by atoms with Crippen molar-refractivity contribution in [1.29, 1.82) is 0 Å². The van der Waals surface area contributed by atoms with Gasteiger partial charge in [0, 0.05) is 20.6 Å². The largest absolute Gasteiger partial charge is 0.251 e. The highest BCUT2D eigenvalue weighted by Crippen LogP contribution is 2.43. The predicted molar refractivity (Wildman–Crippen MR) is 92.5 cm³/mol. The van der Waals surface area contributed by atoms with Gasteiger partial charge in [0.15, 0.2) is 0 Å². The normalized spacial score (nSPS) is 18.9. The molecule has 0 fully saturated rings. The van der Waals surface area contributed by atoms with E-state index in [2.05, 4.69) is 46.9 Å². The summed E-state index contributed by atoms with van der Waals surface area (Å²) in [5.74, 6) is -0.116. The van der Waals surface area contributed by atoms with E-state index in [1.807, 2.05) is 24.3 Å². The van der Waals surface area contributed by atoms with E-state index < -0.39 is 0 Å². The lowest BCUT2D eigenvalue weighted by Crippen LogP contribution is -2.12. The molecule has 1 aliphatic carbocycles. The highest BCUT2D eigenvalue weighted by Gasteiger charge is 2.29. The highest BCUT2D eigenvalue weighted by molar-refractivity contribution is 14.1. The van der Waals surface area contributed by atoms with Crippen molar-refractivity contribution in [2.75, 3.05) is 0 Å². The van der Waals surface area contributed by atoms with Gasteiger partial charge >= 0.3 is 0 Å². The standard InChI is InChI=1S/C18H11FIN/c19-12-9-7-11(8-10-12)13-3-1-4-14-17-15(20)5-2-6-16(17)21-18(13)14/h1-10,13H. The molecular formula is C18H11FIN. The van der Waals surface area contributed by atoms with Crippen molar-refractivity contribution in [3.8, 4) is 0 Å². The molecule has 1 nitrogen and oxygen atoms in total. The zero-order valence-corrected chi connectivity index (χ0v) is 13.2. The third-order valence-electron chi connectivity index (χ3n) is 3.87. The Morgan fingerprint density at radius 1 is 1.05 bits per heavy atom. The van der Waals surface area contributed by atoms with Crippen LogP contribution in [-0.4, -0.2) is 5.71 Å². The van der Waals surface area contributed by atoms with Crippen molar-refractivity contribution < 1.29 is 4.39 Å². The summed E-state index contributed by atoms with van der Waals surface area (Å²) in [4.78, 5) is 4.81. The molecule has 102 valence electrons. The summed E-state index contributed by atoms with van der Waals surface area (Å²) < 4.78 is 14.3. The monoisotopic (exact) mass is 387 g/mol. The summed E-state index contributed by atoms with van der Waals surface area (Å²) in [5, 5.41) is 0. The second-order valence-corrected chi connectivity index (χ2v) is 6.29. The van der Waals surface area contributed by atoms with E-state index in [0.717, 1.165) is 17.0 Å². The van der Waals surface area contributed by atoms with Crippen LogP contribution in [0.1, 0.15) is 17.0 Å². The molecule has 2 aliphatic rings. The van der Waals surface area contributed by atoms with E-state index in [0.29, 0.717) is 0 Å². The molecule has 0 amide bonds. The maximum absolute atomic E-state index is 13.1. The van der Waals surface area contributed by atoms with Gasteiger partial charge in [-0.15, -0.1) is 0 Å². The fourth-order valence-electron chi connectivity index (χ4n) is 2.89. The molecule has 1 unspecified atom stereocenters. The van der Waals surface area contributed by atoms with Gasteiger partial charge in [0.2, 0.25) is 0 Å². The van der Waals surface area contributed by atoms with Gasteiger partial charge in [0.05, 0.1) is 11.4 Å². The van der Waals surface area contributed by atoms with Crippen LogP contribution in [0.15, 0.2) is 65.7 Å². The molecule has 0 saturated carbocycles. The molecule has 2 aromatic rings. The van der Waals surface area contributed by atoms with Gasteiger partial charge in [0.1, 0.15) is 5.82 Å². The van der Waals surface area contributed by atoms with Gasteiger partial charge in [-0.1, -0.05) is 36.4 Å². The number of halogens is 2. The van der Waals surface area contributed by atoms with Crippen molar-refractivity contribution in [3.63, 3.8) is 0 Å². The maximum atomic E-state index is 13.1. The van der Waals surface area contributed by atoms with Crippen LogP contribution in [0.4, 0.5) is 10.1 Å². The van der Waals surface area contributed by atoms with Crippen LogP contribution < -0.4 is 0 Å². The molecule has 0 saturated heterocycles. The Labute approximate surface area is 136 Å². The Morgan fingerprint density at radius 2 is 1.86 bits per heavy atom. The second-order valence-electron chi connectivity index (χ2n) is 5.13. The second kappa shape index (κ2) is 4.91. The van der Waals surface area contributed by atoms with E-state index >= 15 is 0 Å². The van der Waals surface area contributed by atoms with Crippen LogP contribution in [0.2, 0.25) is 0 Å². The highest BCUT2D eigenvalue weighted by atomic mass is 127. The number of rotatable bonds is 1. The Balaban J connectivity index is 1.83. The Bertz CT molecular complexity index is 816. The first-order valence-electron chi connectivity index (χ1n) is 6.76. The minimum Gasteiger partial charge on any atom is -0.251 e.